The van der Waals surface area contributed by atoms with E-state index in [4.69, 9.17) is 0 Å². The van der Waals surface area contributed by atoms with E-state index in [-0.39, 0.29) is 5.91 Å². The molecule has 0 radical (unpaired) electrons. The summed E-state index contributed by atoms with van der Waals surface area (Å²) in [6, 6.07) is 14.8. The van der Waals surface area contributed by atoms with E-state index in [0.29, 0.717) is 10.7 Å². The number of rotatable bonds is 3. The fourth-order valence-corrected chi connectivity index (χ4v) is 3.00. The van der Waals surface area contributed by atoms with Crippen molar-refractivity contribution in [1.29, 1.82) is 0 Å². The second kappa shape index (κ2) is 5.58. The average Bonchev–Trinajstić information content (AvgIpc) is 3.24. The van der Waals surface area contributed by atoms with Gasteiger partial charge in [0.25, 0.3) is 5.91 Å². The molecule has 1 amide bonds. The standard InChI is InChI=1S/C15H10N6OS/c22-14(18-15-17-12-3-1-2-4-13(12)23-15)10-5-7-11(8-6-10)21-9-16-19-20-21/h1-9H,(H,17,18,22). The van der Waals surface area contributed by atoms with Crippen LogP contribution >= 0.6 is 11.3 Å². The smallest absolute Gasteiger partial charge is 0.257 e. The Morgan fingerprint density at radius 2 is 1.91 bits per heavy atom. The zero-order valence-electron chi connectivity index (χ0n) is 11.7. The maximum absolute atomic E-state index is 12.3. The van der Waals surface area contributed by atoms with Gasteiger partial charge >= 0.3 is 0 Å². The molecule has 0 aliphatic rings. The maximum atomic E-state index is 12.3. The Morgan fingerprint density at radius 1 is 1.09 bits per heavy atom. The summed E-state index contributed by atoms with van der Waals surface area (Å²) in [4.78, 5) is 16.7. The molecule has 112 valence electrons. The fraction of sp³-hybridized carbons (Fsp3) is 0. The maximum Gasteiger partial charge on any atom is 0.257 e. The second-order valence-corrected chi connectivity index (χ2v) is 5.77. The molecule has 0 saturated heterocycles. The first-order chi connectivity index (χ1) is 11.3. The molecule has 0 saturated carbocycles. The number of carbonyl (C=O) groups is 1. The fourth-order valence-electron chi connectivity index (χ4n) is 2.14. The predicted octanol–water partition coefficient (Wildman–Crippen LogP) is 2.52. The number of hydrogen-bond acceptors (Lipinski definition) is 6. The lowest BCUT2D eigenvalue weighted by molar-refractivity contribution is 0.102. The Morgan fingerprint density at radius 3 is 2.65 bits per heavy atom. The van der Waals surface area contributed by atoms with Crippen molar-refractivity contribution in [2.75, 3.05) is 5.32 Å². The van der Waals surface area contributed by atoms with Crippen molar-refractivity contribution in [3.05, 3.63) is 60.4 Å². The van der Waals surface area contributed by atoms with Crippen LogP contribution in [0.2, 0.25) is 0 Å². The molecular weight excluding hydrogens is 312 g/mol. The van der Waals surface area contributed by atoms with Gasteiger partial charge in [-0.15, -0.1) is 5.10 Å². The number of fused-ring (bicyclic) bond motifs is 1. The van der Waals surface area contributed by atoms with Gasteiger partial charge in [0, 0.05) is 5.56 Å². The van der Waals surface area contributed by atoms with Crippen molar-refractivity contribution in [2.45, 2.75) is 0 Å². The van der Waals surface area contributed by atoms with Crippen LogP contribution in [-0.4, -0.2) is 31.1 Å². The third kappa shape index (κ3) is 2.67. The molecule has 0 bridgehead atoms. The highest BCUT2D eigenvalue weighted by Crippen LogP contribution is 2.25. The van der Waals surface area contributed by atoms with E-state index >= 15 is 0 Å². The highest BCUT2D eigenvalue weighted by Gasteiger charge is 2.10. The van der Waals surface area contributed by atoms with Crippen LogP contribution in [0, 0.1) is 0 Å². The summed E-state index contributed by atoms with van der Waals surface area (Å²) in [7, 11) is 0. The zero-order chi connectivity index (χ0) is 15.6. The minimum Gasteiger partial charge on any atom is -0.298 e. The number of carbonyl (C=O) groups excluding carboxylic acids is 1. The highest BCUT2D eigenvalue weighted by molar-refractivity contribution is 7.22. The Kier molecular flexibility index (Phi) is 3.28. The number of aromatic nitrogens is 5. The van der Waals surface area contributed by atoms with E-state index in [0.717, 1.165) is 15.9 Å². The van der Waals surface area contributed by atoms with Gasteiger partial charge in [-0.2, -0.15) is 0 Å². The number of tetrazole rings is 1. The summed E-state index contributed by atoms with van der Waals surface area (Å²) >= 11 is 1.45. The molecule has 0 spiro atoms. The van der Waals surface area contributed by atoms with Gasteiger partial charge in [0.2, 0.25) is 0 Å². The molecule has 0 aliphatic carbocycles. The molecule has 23 heavy (non-hydrogen) atoms. The number of nitrogens with zero attached hydrogens (tertiary/aromatic N) is 5. The average molecular weight is 322 g/mol. The normalized spacial score (nSPS) is 10.8. The van der Waals surface area contributed by atoms with E-state index in [1.807, 2.05) is 24.3 Å². The quantitative estimate of drug-likeness (QED) is 0.626. The molecule has 0 fully saturated rings. The topological polar surface area (TPSA) is 85.6 Å². The van der Waals surface area contributed by atoms with Gasteiger partial charge in [-0.3, -0.25) is 10.1 Å². The Bertz CT molecular complexity index is 928. The number of hydrogen-bond donors (Lipinski definition) is 1. The molecule has 4 rings (SSSR count). The number of benzene rings is 2. The van der Waals surface area contributed by atoms with E-state index in [2.05, 4.69) is 25.8 Å². The lowest BCUT2D eigenvalue weighted by atomic mass is 10.2. The predicted molar refractivity (Wildman–Crippen MR) is 86.7 cm³/mol. The van der Waals surface area contributed by atoms with Gasteiger partial charge in [0.05, 0.1) is 15.9 Å². The Labute approximate surface area is 134 Å². The van der Waals surface area contributed by atoms with Crippen molar-refractivity contribution in [3.63, 3.8) is 0 Å². The molecule has 0 atom stereocenters. The van der Waals surface area contributed by atoms with Gasteiger partial charge in [-0.25, -0.2) is 9.67 Å². The molecule has 0 aliphatic heterocycles. The number of anilines is 1. The van der Waals surface area contributed by atoms with Crippen LogP contribution in [0.4, 0.5) is 5.13 Å². The van der Waals surface area contributed by atoms with E-state index in [9.17, 15) is 4.79 Å². The third-order valence-corrected chi connectivity index (χ3v) is 4.21. The summed E-state index contributed by atoms with van der Waals surface area (Å²) in [5.74, 6) is -0.202. The molecule has 8 heteroatoms. The number of thiazole rings is 1. The van der Waals surface area contributed by atoms with E-state index in [1.54, 1.807) is 24.3 Å². The second-order valence-electron chi connectivity index (χ2n) is 4.74. The summed E-state index contributed by atoms with van der Waals surface area (Å²) in [6.07, 6.45) is 1.50. The minimum absolute atomic E-state index is 0.202. The number of amides is 1. The SMILES string of the molecule is O=C(Nc1nc2ccccc2s1)c1ccc(-n2cnnn2)cc1. The molecule has 4 aromatic rings. The van der Waals surface area contributed by atoms with Gasteiger partial charge in [0.15, 0.2) is 5.13 Å². The van der Waals surface area contributed by atoms with Crippen LogP contribution in [-0.2, 0) is 0 Å². The van der Waals surface area contributed by atoms with Gasteiger partial charge in [-0.1, -0.05) is 23.5 Å². The van der Waals surface area contributed by atoms with Crippen molar-refractivity contribution in [3.8, 4) is 5.69 Å². The first-order valence-corrected chi connectivity index (χ1v) is 7.61. The minimum atomic E-state index is -0.202. The van der Waals surface area contributed by atoms with Crippen LogP contribution < -0.4 is 5.32 Å². The molecule has 2 heterocycles. The molecule has 7 nitrogen and oxygen atoms in total. The third-order valence-electron chi connectivity index (χ3n) is 3.26. The lowest BCUT2D eigenvalue weighted by Crippen LogP contribution is -2.11. The van der Waals surface area contributed by atoms with E-state index in [1.165, 1.54) is 22.3 Å². The zero-order valence-corrected chi connectivity index (χ0v) is 12.6. The molecule has 2 aromatic carbocycles. The summed E-state index contributed by atoms with van der Waals surface area (Å²) in [5, 5.41) is 14.4. The Balaban J connectivity index is 1.54. The summed E-state index contributed by atoms with van der Waals surface area (Å²) < 4.78 is 2.56. The van der Waals surface area contributed by atoms with Crippen LogP contribution in [0.25, 0.3) is 15.9 Å². The van der Waals surface area contributed by atoms with Crippen LogP contribution in [0.5, 0.6) is 0 Å². The van der Waals surface area contributed by atoms with Crippen LogP contribution in [0.3, 0.4) is 0 Å². The molecule has 0 unspecified atom stereocenters. The first-order valence-electron chi connectivity index (χ1n) is 6.80. The highest BCUT2D eigenvalue weighted by atomic mass is 32.1. The first kappa shape index (κ1) is 13.5. The molecule has 2 aromatic heterocycles. The van der Waals surface area contributed by atoms with Gasteiger partial charge in [-0.05, 0) is 46.8 Å². The summed E-state index contributed by atoms with van der Waals surface area (Å²) in [6.45, 7) is 0. The van der Waals surface area contributed by atoms with Crippen molar-refractivity contribution < 1.29 is 4.79 Å². The van der Waals surface area contributed by atoms with Crippen molar-refractivity contribution in [2.24, 2.45) is 0 Å². The van der Waals surface area contributed by atoms with Crippen LogP contribution in [0.1, 0.15) is 10.4 Å². The van der Waals surface area contributed by atoms with Crippen LogP contribution in [0.15, 0.2) is 54.9 Å². The molecular formula is C15H10N6OS. The summed E-state index contributed by atoms with van der Waals surface area (Å²) in [5.41, 5.74) is 2.20. The largest absolute Gasteiger partial charge is 0.298 e. The Hall–Kier alpha value is -3.13. The van der Waals surface area contributed by atoms with E-state index < -0.39 is 0 Å². The van der Waals surface area contributed by atoms with Gasteiger partial charge < -0.3 is 0 Å². The van der Waals surface area contributed by atoms with Crippen molar-refractivity contribution in [1.82, 2.24) is 25.2 Å². The number of para-hydroxylation sites is 1. The van der Waals surface area contributed by atoms with Gasteiger partial charge in [0.1, 0.15) is 6.33 Å². The molecule has 1 N–H and O–H groups in total. The van der Waals surface area contributed by atoms with Crippen molar-refractivity contribution >= 4 is 32.6 Å². The number of nitrogens with one attached hydrogen (secondary N) is 1. The monoisotopic (exact) mass is 322 g/mol. The lowest BCUT2D eigenvalue weighted by Gasteiger charge is -2.03.